The van der Waals surface area contributed by atoms with Gasteiger partial charge in [-0.3, -0.25) is 4.79 Å². The molecule has 1 heterocycles. The summed E-state index contributed by atoms with van der Waals surface area (Å²) in [7, 11) is 1.64. The maximum Gasteiger partial charge on any atom is 0.145 e. The van der Waals surface area contributed by atoms with Crippen LogP contribution in [0.25, 0.3) is 17.0 Å². The van der Waals surface area contributed by atoms with E-state index in [1.165, 1.54) is 0 Å². The normalized spacial score (nSPS) is 11.8. The summed E-state index contributed by atoms with van der Waals surface area (Å²) >= 11 is 0. The molecule has 3 nitrogen and oxygen atoms in total. The van der Waals surface area contributed by atoms with E-state index in [1.54, 1.807) is 14.0 Å². The lowest BCUT2D eigenvalue weighted by atomic mass is 10.1. The number of aromatic amines is 1. The minimum atomic E-state index is 0.698. The molecular weight excluding hydrogens is 202 g/mol. The minimum absolute atomic E-state index is 0.698. The first-order chi connectivity index (χ1) is 7.74. The van der Waals surface area contributed by atoms with Gasteiger partial charge >= 0.3 is 0 Å². The standard InChI is InChI=1S/C13H13NO2/c1-9(8-15)5-10-7-14-13-4-3-11(16-2)6-12(10)13/h3-8,14H,1-2H3/b9-5+. The number of rotatable bonds is 3. The van der Waals surface area contributed by atoms with Gasteiger partial charge in [-0.15, -0.1) is 0 Å². The Morgan fingerprint density at radius 1 is 1.44 bits per heavy atom. The highest BCUT2D eigenvalue weighted by Gasteiger charge is 2.03. The number of allylic oxidation sites excluding steroid dienone is 1. The Balaban J connectivity index is 2.58. The van der Waals surface area contributed by atoms with Crippen molar-refractivity contribution in [3.63, 3.8) is 0 Å². The molecule has 16 heavy (non-hydrogen) atoms. The number of H-pyrrole nitrogens is 1. The summed E-state index contributed by atoms with van der Waals surface area (Å²) in [6.45, 7) is 1.78. The van der Waals surface area contributed by atoms with Crippen LogP contribution in [-0.4, -0.2) is 18.4 Å². The third-order valence-electron chi connectivity index (χ3n) is 2.49. The van der Waals surface area contributed by atoms with E-state index < -0.39 is 0 Å². The number of ether oxygens (including phenoxy) is 1. The maximum atomic E-state index is 10.6. The summed E-state index contributed by atoms with van der Waals surface area (Å²) in [4.78, 5) is 13.7. The Morgan fingerprint density at radius 3 is 2.94 bits per heavy atom. The zero-order chi connectivity index (χ0) is 11.5. The Kier molecular flexibility index (Phi) is 2.77. The van der Waals surface area contributed by atoms with Crippen LogP contribution in [0.3, 0.4) is 0 Å². The quantitative estimate of drug-likeness (QED) is 0.632. The second kappa shape index (κ2) is 4.23. The number of hydrogen-bond acceptors (Lipinski definition) is 2. The minimum Gasteiger partial charge on any atom is -0.497 e. The lowest BCUT2D eigenvalue weighted by molar-refractivity contribution is -0.104. The van der Waals surface area contributed by atoms with Crippen molar-refractivity contribution in [3.05, 3.63) is 35.5 Å². The second-order valence-corrected chi connectivity index (χ2v) is 3.66. The van der Waals surface area contributed by atoms with Crippen molar-refractivity contribution in [2.45, 2.75) is 6.92 Å². The molecule has 0 saturated carbocycles. The van der Waals surface area contributed by atoms with Crippen molar-refractivity contribution in [2.24, 2.45) is 0 Å². The number of benzene rings is 1. The van der Waals surface area contributed by atoms with Crippen LogP contribution in [0.2, 0.25) is 0 Å². The van der Waals surface area contributed by atoms with Crippen LogP contribution in [0, 0.1) is 0 Å². The Labute approximate surface area is 93.7 Å². The van der Waals surface area contributed by atoms with Crippen molar-refractivity contribution in [2.75, 3.05) is 7.11 Å². The van der Waals surface area contributed by atoms with Gasteiger partial charge < -0.3 is 9.72 Å². The lowest BCUT2D eigenvalue weighted by Crippen LogP contribution is -1.82. The average molecular weight is 215 g/mol. The number of aldehydes is 1. The number of methoxy groups -OCH3 is 1. The summed E-state index contributed by atoms with van der Waals surface area (Å²) in [6, 6.07) is 5.82. The molecule has 1 aromatic heterocycles. The molecule has 0 radical (unpaired) electrons. The van der Waals surface area contributed by atoms with E-state index in [9.17, 15) is 4.79 Å². The van der Waals surface area contributed by atoms with Gasteiger partial charge in [-0.05, 0) is 36.8 Å². The Morgan fingerprint density at radius 2 is 2.25 bits per heavy atom. The molecule has 0 bridgehead atoms. The van der Waals surface area contributed by atoms with E-state index >= 15 is 0 Å². The van der Waals surface area contributed by atoms with Crippen molar-refractivity contribution in [3.8, 4) is 5.75 Å². The van der Waals surface area contributed by atoms with Crippen molar-refractivity contribution in [1.29, 1.82) is 0 Å². The number of fused-ring (bicyclic) bond motifs is 1. The molecule has 0 aliphatic carbocycles. The molecule has 0 unspecified atom stereocenters. The molecule has 1 N–H and O–H groups in total. The van der Waals surface area contributed by atoms with Gasteiger partial charge in [0.25, 0.3) is 0 Å². The molecule has 0 saturated heterocycles. The summed E-state index contributed by atoms with van der Waals surface area (Å²) in [6.07, 6.45) is 4.58. The molecule has 0 aliphatic heterocycles. The maximum absolute atomic E-state index is 10.6. The van der Waals surface area contributed by atoms with Crippen LogP contribution in [0.4, 0.5) is 0 Å². The third kappa shape index (κ3) is 1.84. The van der Waals surface area contributed by atoms with Gasteiger partial charge in [0, 0.05) is 22.7 Å². The second-order valence-electron chi connectivity index (χ2n) is 3.66. The number of hydrogen-bond donors (Lipinski definition) is 1. The van der Waals surface area contributed by atoms with Gasteiger partial charge in [0.15, 0.2) is 0 Å². The molecule has 0 atom stereocenters. The average Bonchev–Trinajstić information content (AvgIpc) is 2.71. The number of carbonyl (C=O) groups is 1. The summed E-state index contributed by atoms with van der Waals surface area (Å²) < 4.78 is 5.17. The monoisotopic (exact) mass is 215 g/mol. The summed E-state index contributed by atoms with van der Waals surface area (Å²) in [5, 5.41) is 1.06. The van der Waals surface area contributed by atoms with Gasteiger partial charge in [-0.1, -0.05) is 0 Å². The summed E-state index contributed by atoms with van der Waals surface area (Å²) in [5.74, 6) is 0.811. The molecule has 0 spiro atoms. The predicted octanol–water partition coefficient (Wildman–Crippen LogP) is 2.78. The molecule has 3 heteroatoms. The van der Waals surface area contributed by atoms with E-state index in [-0.39, 0.29) is 0 Å². The van der Waals surface area contributed by atoms with E-state index in [1.807, 2.05) is 30.5 Å². The molecule has 2 aromatic rings. The number of aromatic nitrogens is 1. The zero-order valence-corrected chi connectivity index (χ0v) is 9.28. The van der Waals surface area contributed by atoms with Crippen LogP contribution >= 0.6 is 0 Å². The van der Waals surface area contributed by atoms with Crippen molar-refractivity contribution < 1.29 is 9.53 Å². The molecule has 0 amide bonds. The molecule has 82 valence electrons. The number of carbonyl (C=O) groups excluding carboxylic acids is 1. The van der Waals surface area contributed by atoms with Gasteiger partial charge in [0.2, 0.25) is 0 Å². The molecule has 1 aromatic carbocycles. The number of nitrogens with one attached hydrogen (secondary N) is 1. The fourth-order valence-electron chi connectivity index (χ4n) is 1.65. The smallest absolute Gasteiger partial charge is 0.145 e. The highest BCUT2D eigenvalue weighted by molar-refractivity contribution is 5.93. The Bertz CT molecular complexity index is 552. The van der Waals surface area contributed by atoms with Crippen LogP contribution in [0.15, 0.2) is 30.0 Å². The van der Waals surface area contributed by atoms with Gasteiger partial charge in [-0.2, -0.15) is 0 Å². The summed E-state index contributed by atoms with van der Waals surface area (Å²) in [5.41, 5.74) is 2.73. The van der Waals surface area contributed by atoms with Crippen LogP contribution in [0.5, 0.6) is 5.75 Å². The van der Waals surface area contributed by atoms with Crippen LogP contribution in [0.1, 0.15) is 12.5 Å². The van der Waals surface area contributed by atoms with Crippen molar-refractivity contribution in [1.82, 2.24) is 4.98 Å². The van der Waals surface area contributed by atoms with E-state index in [4.69, 9.17) is 4.74 Å². The Hall–Kier alpha value is -2.03. The molecule has 0 aliphatic rings. The van der Waals surface area contributed by atoms with E-state index in [2.05, 4.69) is 4.98 Å². The lowest BCUT2D eigenvalue weighted by Gasteiger charge is -1.99. The van der Waals surface area contributed by atoms with E-state index in [0.717, 1.165) is 28.5 Å². The fraction of sp³-hybridized carbons (Fsp3) is 0.154. The topological polar surface area (TPSA) is 42.1 Å². The zero-order valence-electron chi connectivity index (χ0n) is 9.28. The molecular formula is C13H13NO2. The van der Waals surface area contributed by atoms with Gasteiger partial charge in [0.05, 0.1) is 7.11 Å². The van der Waals surface area contributed by atoms with Crippen LogP contribution in [-0.2, 0) is 4.79 Å². The van der Waals surface area contributed by atoms with Crippen LogP contribution < -0.4 is 4.74 Å². The molecule has 2 rings (SSSR count). The predicted molar refractivity (Wildman–Crippen MR) is 64.6 cm³/mol. The molecule has 0 fully saturated rings. The first kappa shape index (κ1) is 10.5. The highest BCUT2D eigenvalue weighted by Crippen LogP contribution is 2.24. The highest BCUT2D eigenvalue weighted by atomic mass is 16.5. The van der Waals surface area contributed by atoms with Crippen molar-refractivity contribution >= 4 is 23.3 Å². The van der Waals surface area contributed by atoms with E-state index in [0.29, 0.717) is 5.57 Å². The van der Waals surface area contributed by atoms with Gasteiger partial charge in [0.1, 0.15) is 12.0 Å². The van der Waals surface area contributed by atoms with Gasteiger partial charge in [-0.25, -0.2) is 0 Å². The fourth-order valence-corrected chi connectivity index (χ4v) is 1.65. The first-order valence-electron chi connectivity index (χ1n) is 5.03. The first-order valence-corrected chi connectivity index (χ1v) is 5.03. The largest absolute Gasteiger partial charge is 0.497 e. The third-order valence-corrected chi connectivity index (χ3v) is 2.49. The SMILES string of the molecule is COc1ccc2[nH]cc(/C=C(\C)C=O)c2c1.